The zero-order valence-electron chi connectivity index (χ0n) is 10.8. The van der Waals surface area contributed by atoms with Crippen LogP contribution in [-0.4, -0.2) is 26.8 Å². The lowest BCUT2D eigenvalue weighted by Crippen LogP contribution is -2.10. The molecule has 0 aliphatic carbocycles. The van der Waals surface area contributed by atoms with Gasteiger partial charge in [0.2, 0.25) is 0 Å². The Hall–Kier alpha value is -2.89. The predicted molar refractivity (Wildman–Crippen MR) is 74.3 cm³/mol. The molecule has 0 radical (unpaired) electrons. The second kappa shape index (κ2) is 5.83. The molecule has 0 bridgehead atoms. The Balaban J connectivity index is 2.03. The third kappa shape index (κ3) is 3.55. The van der Waals surface area contributed by atoms with Crippen molar-refractivity contribution in [3.63, 3.8) is 0 Å². The number of amides is 1. The maximum Gasteiger partial charge on any atom is 0.328 e. The third-order valence-electron chi connectivity index (χ3n) is 2.55. The van der Waals surface area contributed by atoms with E-state index in [4.69, 9.17) is 5.11 Å². The van der Waals surface area contributed by atoms with Gasteiger partial charge >= 0.3 is 5.97 Å². The van der Waals surface area contributed by atoms with Crippen molar-refractivity contribution in [2.24, 2.45) is 7.05 Å². The molecule has 1 heterocycles. The van der Waals surface area contributed by atoms with E-state index in [0.29, 0.717) is 11.3 Å². The van der Waals surface area contributed by atoms with Crippen LogP contribution in [0, 0.1) is 0 Å². The second-order valence-electron chi connectivity index (χ2n) is 4.15. The summed E-state index contributed by atoms with van der Waals surface area (Å²) in [5, 5.41) is 15.2. The number of carbonyl (C=O) groups is 2. The van der Waals surface area contributed by atoms with Crippen molar-refractivity contribution >= 4 is 23.6 Å². The summed E-state index contributed by atoms with van der Waals surface area (Å²) in [6.07, 6.45) is 5.65. The SMILES string of the molecule is Cn1cc(C(=O)Nc2ccc(C=CC(=O)O)cc2)cn1. The molecule has 1 amide bonds. The van der Waals surface area contributed by atoms with Crippen molar-refractivity contribution in [1.29, 1.82) is 0 Å². The van der Waals surface area contributed by atoms with Crippen LogP contribution in [0.5, 0.6) is 0 Å². The summed E-state index contributed by atoms with van der Waals surface area (Å²) < 4.78 is 1.55. The van der Waals surface area contributed by atoms with Crippen LogP contribution in [0.2, 0.25) is 0 Å². The van der Waals surface area contributed by atoms with E-state index in [1.54, 1.807) is 42.2 Å². The number of hydrogen-bond donors (Lipinski definition) is 2. The van der Waals surface area contributed by atoms with Crippen LogP contribution < -0.4 is 5.32 Å². The van der Waals surface area contributed by atoms with Gasteiger partial charge in [-0.25, -0.2) is 4.79 Å². The zero-order valence-corrected chi connectivity index (χ0v) is 10.8. The van der Waals surface area contributed by atoms with Crippen LogP contribution in [0.25, 0.3) is 6.08 Å². The molecule has 2 N–H and O–H groups in total. The third-order valence-corrected chi connectivity index (χ3v) is 2.55. The summed E-state index contributed by atoms with van der Waals surface area (Å²) in [6, 6.07) is 6.85. The number of rotatable bonds is 4. The highest BCUT2D eigenvalue weighted by atomic mass is 16.4. The van der Waals surface area contributed by atoms with Crippen molar-refractivity contribution in [2.75, 3.05) is 5.32 Å². The minimum Gasteiger partial charge on any atom is -0.478 e. The Morgan fingerprint density at radius 2 is 2.00 bits per heavy atom. The molecule has 0 aliphatic rings. The lowest BCUT2D eigenvalue weighted by Gasteiger charge is -2.03. The molecule has 0 atom stereocenters. The second-order valence-corrected chi connectivity index (χ2v) is 4.15. The van der Waals surface area contributed by atoms with Crippen LogP contribution in [0.1, 0.15) is 15.9 Å². The van der Waals surface area contributed by atoms with Crippen LogP contribution in [0.3, 0.4) is 0 Å². The fourth-order valence-corrected chi connectivity index (χ4v) is 1.59. The number of hydrogen-bond acceptors (Lipinski definition) is 3. The zero-order chi connectivity index (χ0) is 14.5. The Morgan fingerprint density at radius 1 is 1.30 bits per heavy atom. The molecule has 0 saturated heterocycles. The molecule has 1 aromatic carbocycles. The molecular weight excluding hydrogens is 258 g/mol. The van der Waals surface area contributed by atoms with Gasteiger partial charge in [-0.1, -0.05) is 12.1 Å². The molecule has 0 aliphatic heterocycles. The van der Waals surface area contributed by atoms with Gasteiger partial charge in [-0.05, 0) is 23.8 Å². The van der Waals surface area contributed by atoms with Gasteiger partial charge in [0.25, 0.3) is 5.91 Å². The Labute approximate surface area is 115 Å². The number of aryl methyl sites for hydroxylation is 1. The summed E-state index contributed by atoms with van der Waals surface area (Å²) in [6.45, 7) is 0. The van der Waals surface area contributed by atoms with Crippen molar-refractivity contribution in [1.82, 2.24) is 9.78 Å². The summed E-state index contributed by atoms with van der Waals surface area (Å²) >= 11 is 0. The highest BCUT2D eigenvalue weighted by Crippen LogP contribution is 2.12. The Kier molecular flexibility index (Phi) is 3.95. The number of carboxylic acids is 1. The molecule has 6 nitrogen and oxygen atoms in total. The first kappa shape index (κ1) is 13.5. The molecular formula is C14H13N3O3. The highest BCUT2D eigenvalue weighted by Gasteiger charge is 2.07. The summed E-state index contributed by atoms with van der Waals surface area (Å²) in [5.41, 5.74) is 1.85. The van der Waals surface area contributed by atoms with Gasteiger partial charge in [0.1, 0.15) is 0 Å². The first-order valence-corrected chi connectivity index (χ1v) is 5.85. The van der Waals surface area contributed by atoms with Crippen LogP contribution >= 0.6 is 0 Å². The number of anilines is 1. The molecule has 2 aromatic rings. The van der Waals surface area contributed by atoms with Gasteiger partial charge < -0.3 is 10.4 Å². The molecule has 20 heavy (non-hydrogen) atoms. The number of aromatic nitrogens is 2. The van der Waals surface area contributed by atoms with Crippen molar-refractivity contribution in [3.8, 4) is 0 Å². The normalized spacial score (nSPS) is 10.7. The summed E-state index contributed by atoms with van der Waals surface area (Å²) in [5.74, 6) is -1.24. The van der Waals surface area contributed by atoms with E-state index in [2.05, 4.69) is 10.4 Å². The van der Waals surface area contributed by atoms with E-state index >= 15 is 0 Å². The van der Waals surface area contributed by atoms with Crippen molar-refractivity contribution < 1.29 is 14.7 Å². The van der Waals surface area contributed by atoms with E-state index in [-0.39, 0.29) is 5.91 Å². The molecule has 0 fully saturated rings. The Bertz CT molecular complexity index is 657. The largest absolute Gasteiger partial charge is 0.478 e. The minimum atomic E-state index is -1.00. The average Bonchev–Trinajstić information content (AvgIpc) is 2.85. The van der Waals surface area contributed by atoms with E-state index in [1.165, 1.54) is 12.3 Å². The van der Waals surface area contributed by atoms with Gasteiger partial charge in [0, 0.05) is 25.0 Å². The first-order valence-electron chi connectivity index (χ1n) is 5.85. The summed E-state index contributed by atoms with van der Waals surface area (Å²) in [7, 11) is 1.74. The fourth-order valence-electron chi connectivity index (χ4n) is 1.59. The monoisotopic (exact) mass is 271 g/mol. The van der Waals surface area contributed by atoms with Gasteiger partial charge in [0.15, 0.2) is 0 Å². The van der Waals surface area contributed by atoms with E-state index in [1.807, 2.05) is 0 Å². The predicted octanol–water partition coefficient (Wildman–Crippen LogP) is 1.77. The van der Waals surface area contributed by atoms with Crippen molar-refractivity contribution in [2.45, 2.75) is 0 Å². The fraction of sp³-hybridized carbons (Fsp3) is 0.0714. The first-order chi connectivity index (χ1) is 9.54. The number of nitrogens with one attached hydrogen (secondary N) is 1. The van der Waals surface area contributed by atoms with Gasteiger partial charge in [-0.15, -0.1) is 0 Å². The maximum atomic E-state index is 11.9. The molecule has 6 heteroatoms. The number of aliphatic carboxylic acids is 1. The van der Waals surface area contributed by atoms with Gasteiger partial charge in [0.05, 0.1) is 11.8 Å². The lowest BCUT2D eigenvalue weighted by molar-refractivity contribution is -0.131. The topological polar surface area (TPSA) is 84.2 Å². The Morgan fingerprint density at radius 3 is 2.55 bits per heavy atom. The van der Waals surface area contributed by atoms with Crippen molar-refractivity contribution in [3.05, 3.63) is 53.9 Å². The molecule has 2 rings (SSSR count). The molecule has 1 aromatic heterocycles. The number of nitrogens with zero attached hydrogens (tertiary/aromatic N) is 2. The van der Waals surface area contributed by atoms with Gasteiger partial charge in [-0.2, -0.15) is 5.10 Å². The lowest BCUT2D eigenvalue weighted by atomic mass is 10.2. The van der Waals surface area contributed by atoms with Crippen LogP contribution in [0.15, 0.2) is 42.7 Å². The van der Waals surface area contributed by atoms with E-state index in [9.17, 15) is 9.59 Å². The molecule has 0 spiro atoms. The van der Waals surface area contributed by atoms with Crippen LogP contribution in [-0.2, 0) is 11.8 Å². The quantitative estimate of drug-likeness (QED) is 0.830. The van der Waals surface area contributed by atoms with E-state index in [0.717, 1.165) is 11.6 Å². The highest BCUT2D eigenvalue weighted by molar-refractivity contribution is 6.03. The maximum absolute atomic E-state index is 11.9. The van der Waals surface area contributed by atoms with Gasteiger partial charge in [-0.3, -0.25) is 9.48 Å². The molecule has 102 valence electrons. The van der Waals surface area contributed by atoms with Crippen LogP contribution in [0.4, 0.5) is 5.69 Å². The average molecular weight is 271 g/mol. The summed E-state index contributed by atoms with van der Waals surface area (Å²) in [4.78, 5) is 22.3. The molecule has 0 unspecified atom stereocenters. The van der Waals surface area contributed by atoms with E-state index < -0.39 is 5.97 Å². The number of carboxylic acid groups (broad SMARTS) is 1. The smallest absolute Gasteiger partial charge is 0.328 e. The minimum absolute atomic E-state index is 0.244. The number of benzene rings is 1. The number of carbonyl (C=O) groups excluding carboxylic acids is 1. The standard InChI is InChI=1S/C14H13N3O3/c1-17-9-11(8-15-17)14(20)16-12-5-2-10(3-6-12)4-7-13(18)19/h2-9H,1H3,(H,16,20)(H,18,19). The molecule has 0 saturated carbocycles.